The lowest BCUT2D eigenvalue weighted by Crippen LogP contribution is -2.45. The highest BCUT2D eigenvalue weighted by atomic mass is 16.5. The third-order valence-electron chi connectivity index (χ3n) is 2.33. The molecule has 0 saturated carbocycles. The molecule has 0 amide bonds. The van der Waals surface area contributed by atoms with Crippen LogP contribution in [-0.4, -0.2) is 17.2 Å². The second kappa shape index (κ2) is 5.28. The van der Waals surface area contributed by atoms with Crippen molar-refractivity contribution in [2.24, 2.45) is 5.73 Å². The molecule has 0 aliphatic carbocycles. The van der Waals surface area contributed by atoms with Gasteiger partial charge in [0, 0.05) is 18.2 Å². The molecule has 3 N–H and O–H groups in total. The van der Waals surface area contributed by atoms with Crippen molar-refractivity contribution in [3.8, 4) is 0 Å². The highest BCUT2D eigenvalue weighted by molar-refractivity contribution is 5.02. The van der Waals surface area contributed by atoms with Crippen molar-refractivity contribution in [3.63, 3.8) is 0 Å². The molecule has 1 unspecified atom stereocenters. The second-order valence-corrected chi connectivity index (χ2v) is 4.44. The molecule has 0 aromatic carbocycles. The standard InChI is InChI=1S/C11H21N3O/c1-4-5-11(3,12)8-13-7-10-6-9(2)14-15-10/h6,13H,4-5,7-8,12H2,1-3H3. The second-order valence-electron chi connectivity index (χ2n) is 4.44. The van der Waals surface area contributed by atoms with Gasteiger partial charge in [0.05, 0.1) is 12.2 Å². The van der Waals surface area contributed by atoms with E-state index in [0.717, 1.165) is 30.8 Å². The fourth-order valence-electron chi connectivity index (χ4n) is 1.63. The fraction of sp³-hybridized carbons (Fsp3) is 0.727. The van der Waals surface area contributed by atoms with Gasteiger partial charge in [-0.15, -0.1) is 0 Å². The number of rotatable bonds is 6. The summed E-state index contributed by atoms with van der Waals surface area (Å²) in [7, 11) is 0. The Labute approximate surface area is 91.2 Å². The van der Waals surface area contributed by atoms with Crippen LogP contribution in [0, 0.1) is 6.92 Å². The Morgan fingerprint density at radius 1 is 1.60 bits per heavy atom. The van der Waals surface area contributed by atoms with Crippen molar-refractivity contribution < 1.29 is 4.52 Å². The largest absolute Gasteiger partial charge is 0.360 e. The van der Waals surface area contributed by atoms with Crippen LogP contribution in [-0.2, 0) is 6.54 Å². The van der Waals surface area contributed by atoms with Crippen LogP contribution in [0.1, 0.15) is 38.1 Å². The third kappa shape index (κ3) is 4.44. The summed E-state index contributed by atoms with van der Waals surface area (Å²) >= 11 is 0. The van der Waals surface area contributed by atoms with E-state index in [1.165, 1.54) is 0 Å². The molecule has 4 heteroatoms. The van der Waals surface area contributed by atoms with E-state index in [1.54, 1.807) is 0 Å². The molecule has 1 aromatic rings. The number of hydrogen-bond acceptors (Lipinski definition) is 4. The average molecular weight is 211 g/mol. The lowest BCUT2D eigenvalue weighted by molar-refractivity contribution is 0.349. The van der Waals surface area contributed by atoms with E-state index in [0.29, 0.717) is 6.54 Å². The Bertz CT molecular complexity index is 294. The molecule has 0 aliphatic rings. The summed E-state index contributed by atoms with van der Waals surface area (Å²) < 4.78 is 5.09. The van der Waals surface area contributed by atoms with E-state index in [2.05, 4.69) is 24.3 Å². The lowest BCUT2D eigenvalue weighted by Gasteiger charge is -2.24. The third-order valence-corrected chi connectivity index (χ3v) is 2.33. The van der Waals surface area contributed by atoms with Crippen molar-refractivity contribution in [3.05, 3.63) is 17.5 Å². The van der Waals surface area contributed by atoms with Crippen LogP contribution in [0.4, 0.5) is 0 Å². The lowest BCUT2D eigenvalue weighted by atomic mass is 9.98. The Balaban J connectivity index is 2.27. The Hall–Kier alpha value is -0.870. The predicted octanol–water partition coefficient (Wildman–Crippen LogP) is 1.59. The van der Waals surface area contributed by atoms with E-state index in [9.17, 15) is 0 Å². The molecule has 0 radical (unpaired) electrons. The maximum atomic E-state index is 6.09. The smallest absolute Gasteiger partial charge is 0.150 e. The van der Waals surface area contributed by atoms with E-state index in [-0.39, 0.29) is 5.54 Å². The van der Waals surface area contributed by atoms with Crippen LogP contribution in [0.2, 0.25) is 0 Å². The van der Waals surface area contributed by atoms with Crippen LogP contribution >= 0.6 is 0 Å². The molecule has 1 rings (SSSR count). The number of nitrogens with two attached hydrogens (primary N) is 1. The van der Waals surface area contributed by atoms with Gasteiger partial charge in [0.1, 0.15) is 0 Å². The Morgan fingerprint density at radius 2 is 2.33 bits per heavy atom. The van der Waals surface area contributed by atoms with Gasteiger partial charge in [0.25, 0.3) is 0 Å². The van der Waals surface area contributed by atoms with Gasteiger partial charge in [-0.05, 0) is 20.3 Å². The summed E-state index contributed by atoms with van der Waals surface area (Å²) in [4.78, 5) is 0. The molecule has 15 heavy (non-hydrogen) atoms. The maximum Gasteiger partial charge on any atom is 0.150 e. The summed E-state index contributed by atoms with van der Waals surface area (Å²) in [6, 6.07) is 1.93. The average Bonchev–Trinajstić information content (AvgIpc) is 2.51. The monoisotopic (exact) mass is 211 g/mol. The van der Waals surface area contributed by atoms with Crippen molar-refractivity contribution in [2.45, 2.75) is 45.7 Å². The molecular weight excluding hydrogens is 190 g/mol. The predicted molar refractivity (Wildman–Crippen MR) is 60.4 cm³/mol. The van der Waals surface area contributed by atoms with Gasteiger partial charge in [0.15, 0.2) is 5.76 Å². The van der Waals surface area contributed by atoms with E-state index in [4.69, 9.17) is 10.3 Å². The first-order chi connectivity index (χ1) is 7.03. The zero-order valence-electron chi connectivity index (χ0n) is 9.84. The first kappa shape index (κ1) is 12.2. The first-order valence-electron chi connectivity index (χ1n) is 5.45. The minimum Gasteiger partial charge on any atom is -0.360 e. The van der Waals surface area contributed by atoms with Gasteiger partial charge in [-0.2, -0.15) is 0 Å². The molecule has 0 aliphatic heterocycles. The molecule has 1 atom stereocenters. The number of nitrogens with one attached hydrogen (secondary N) is 1. The van der Waals surface area contributed by atoms with Gasteiger partial charge in [-0.25, -0.2) is 0 Å². The van der Waals surface area contributed by atoms with Crippen molar-refractivity contribution in [1.82, 2.24) is 10.5 Å². The number of aryl methyl sites for hydroxylation is 1. The minimum absolute atomic E-state index is 0.135. The molecular formula is C11H21N3O. The number of nitrogens with zero attached hydrogens (tertiary/aromatic N) is 1. The molecule has 86 valence electrons. The summed E-state index contributed by atoms with van der Waals surface area (Å²) in [5.74, 6) is 0.861. The Morgan fingerprint density at radius 3 is 2.87 bits per heavy atom. The van der Waals surface area contributed by atoms with Crippen molar-refractivity contribution >= 4 is 0 Å². The summed E-state index contributed by atoms with van der Waals surface area (Å²) in [5.41, 5.74) is 6.87. The molecule has 0 spiro atoms. The SMILES string of the molecule is CCCC(C)(N)CNCc1cc(C)no1. The molecule has 4 nitrogen and oxygen atoms in total. The summed E-state index contributed by atoms with van der Waals surface area (Å²) in [6.07, 6.45) is 2.13. The van der Waals surface area contributed by atoms with Crippen LogP contribution in [0.3, 0.4) is 0 Å². The minimum atomic E-state index is -0.135. The summed E-state index contributed by atoms with van der Waals surface area (Å²) in [5, 5.41) is 7.10. The number of hydrogen-bond donors (Lipinski definition) is 2. The van der Waals surface area contributed by atoms with E-state index in [1.807, 2.05) is 13.0 Å². The topological polar surface area (TPSA) is 64.1 Å². The molecule has 1 aromatic heterocycles. The molecule has 0 saturated heterocycles. The van der Waals surface area contributed by atoms with Gasteiger partial charge >= 0.3 is 0 Å². The van der Waals surface area contributed by atoms with Gasteiger partial charge < -0.3 is 15.6 Å². The van der Waals surface area contributed by atoms with Gasteiger partial charge in [-0.1, -0.05) is 18.5 Å². The highest BCUT2D eigenvalue weighted by Gasteiger charge is 2.16. The van der Waals surface area contributed by atoms with Gasteiger partial charge in [0.2, 0.25) is 0 Å². The van der Waals surface area contributed by atoms with E-state index < -0.39 is 0 Å². The highest BCUT2D eigenvalue weighted by Crippen LogP contribution is 2.07. The molecule has 1 heterocycles. The fourth-order valence-corrected chi connectivity index (χ4v) is 1.63. The first-order valence-corrected chi connectivity index (χ1v) is 5.45. The van der Waals surface area contributed by atoms with Crippen molar-refractivity contribution in [2.75, 3.05) is 6.54 Å². The van der Waals surface area contributed by atoms with Crippen LogP contribution in [0.15, 0.2) is 10.6 Å². The maximum absolute atomic E-state index is 6.09. The molecule has 0 bridgehead atoms. The van der Waals surface area contributed by atoms with Crippen LogP contribution in [0.5, 0.6) is 0 Å². The number of aromatic nitrogens is 1. The summed E-state index contributed by atoms with van der Waals surface area (Å²) in [6.45, 7) is 7.61. The van der Waals surface area contributed by atoms with Crippen molar-refractivity contribution in [1.29, 1.82) is 0 Å². The Kier molecular flexibility index (Phi) is 4.29. The normalized spacial score (nSPS) is 15.2. The zero-order valence-corrected chi connectivity index (χ0v) is 9.84. The molecule has 0 fully saturated rings. The zero-order chi connectivity index (χ0) is 11.3. The quantitative estimate of drug-likeness (QED) is 0.750. The van der Waals surface area contributed by atoms with Crippen LogP contribution in [0.25, 0.3) is 0 Å². The van der Waals surface area contributed by atoms with Gasteiger partial charge in [-0.3, -0.25) is 0 Å². The van der Waals surface area contributed by atoms with Crippen LogP contribution < -0.4 is 11.1 Å². The van der Waals surface area contributed by atoms with E-state index >= 15 is 0 Å².